The summed E-state index contributed by atoms with van der Waals surface area (Å²) in [6.07, 6.45) is 10.5. The van der Waals surface area contributed by atoms with E-state index < -0.39 is 0 Å². The minimum Gasteiger partial charge on any atom is -0.445 e. The van der Waals surface area contributed by atoms with E-state index in [0.717, 1.165) is 31.0 Å². The number of hydrogen-bond acceptors (Lipinski definition) is 3. The van der Waals surface area contributed by atoms with Crippen LogP contribution in [0.2, 0.25) is 0 Å². The second-order valence-corrected chi connectivity index (χ2v) is 7.42. The Labute approximate surface area is 129 Å². The second kappa shape index (κ2) is 7.44. The maximum absolute atomic E-state index is 6.14. The van der Waals surface area contributed by atoms with Crippen LogP contribution in [0, 0.1) is 5.92 Å². The van der Waals surface area contributed by atoms with Crippen molar-refractivity contribution in [1.82, 2.24) is 10.3 Å². The highest BCUT2D eigenvalue weighted by atomic mass is 16.4. The summed E-state index contributed by atoms with van der Waals surface area (Å²) in [5, 5.41) is 3.44. The Hall–Kier alpha value is -0.830. The summed E-state index contributed by atoms with van der Waals surface area (Å²) >= 11 is 0. The summed E-state index contributed by atoms with van der Waals surface area (Å²) in [5.41, 5.74) is 0.273. The Kier molecular flexibility index (Phi) is 5.86. The molecule has 3 heteroatoms. The lowest BCUT2D eigenvalue weighted by molar-refractivity contribution is 0.276. The Morgan fingerprint density at radius 1 is 1.24 bits per heavy atom. The van der Waals surface area contributed by atoms with Gasteiger partial charge < -0.3 is 9.73 Å². The highest BCUT2D eigenvalue weighted by Crippen LogP contribution is 2.45. The molecule has 1 aliphatic rings. The van der Waals surface area contributed by atoms with Crippen molar-refractivity contribution in [2.75, 3.05) is 6.54 Å². The Bertz CT molecular complexity index is 417. The Morgan fingerprint density at radius 3 is 2.57 bits per heavy atom. The lowest BCUT2D eigenvalue weighted by atomic mass is 9.77. The van der Waals surface area contributed by atoms with Crippen molar-refractivity contribution >= 4 is 0 Å². The first-order chi connectivity index (χ1) is 10.0. The third kappa shape index (κ3) is 4.57. The molecule has 0 bridgehead atoms. The predicted octanol–water partition coefficient (Wildman–Crippen LogP) is 4.46. The van der Waals surface area contributed by atoms with Crippen LogP contribution in [0.25, 0.3) is 0 Å². The number of rotatable bonds is 8. The maximum Gasteiger partial charge on any atom is 0.194 e. The molecule has 1 aliphatic carbocycles. The molecule has 1 saturated carbocycles. The number of aromatic nitrogens is 1. The molecule has 1 aromatic heterocycles. The minimum atomic E-state index is 0.273. The molecular formula is C18H32N2O. The fourth-order valence-electron chi connectivity index (χ4n) is 3.69. The van der Waals surface area contributed by atoms with Crippen LogP contribution in [0.1, 0.15) is 77.9 Å². The van der Waals surface area contributed by atoms with E-state index in [4.69, 9.17) is 4.42 Å². The lowest BCUT2D eigenvalue weighted by Gasteiger charge is -2.28. The average molecular weight is 292 g/mol. The van der Waals surface area contributed by atoms with Gasteiger partial charge in [-0.2, -0.15) is 0 Å². The van der Waals surface area contributed by atoms with Gasteiger partial charge >= 0.3 is 0 Å². The van der Waals surface area contributed by atoms with Gasteiger partial charge in [0.15, 0.2) is 5.89 Å². The highest BCUT2D eigenvalue weighted by molar-refractivity contribution is 5.14. The van der Waals surface area contributed by atoms with E-state index in [9.17, 15) is 0 Å². The fourth-order valence-corrected chi connectivity index (χ4v) is 3.69. The molecule has 0 aromatic carbocycles. The van der Waals surface area contributed by atoms with Crippen LogP contribution in [0.5, 0.6) is 0 Å². The SMILES string of the molecule is CC(C)CC1(c2cnc(CCCNC(C)C)o2)CCCC1. The van der Waals surface area contributed by atoms with Crippen molar-refractivity contribution in [2.24, 2.45) is 5.92 Å². The zero-order chi connectivity index (χ0) is 15.3. The van der Waals surface area contributed by atoms with E-state index in [1.807, 2.05) is 6.20 Å². The molecule has 3 nitrogen and oxygen atoms in total. The third-order valence-electron chi connectivity index (χ3n) is 4.56. The molecule has 1 fully saturated rings. The normalized spacial score (nSPS) is 18.0. The van der Waals surface area contributed by atoms with Crippen LogP contribution in [-0.2, 0) is 11.8 Å². The van der Waals surface area contributed by atoms with Gasteiger partial charge in [-0.05, 0) is 38.1 Å². The summed E-state index contributed by atoms with van der Waals surface area (Å²) in [6.45, 7) is 10.0. The molecule has 1 aromatic rings. The van der Waals surface area contributed by atoms with Gasteiger partial charge in [0.2, 0.25) is 0 Å². The van der Waals surface area contributed by atoms with Gasteiger partial charge in [0.05, 0.1) is 6.20 Å². The molecule has 120 valence electrons. The quantitative estimate of drug-likeness (QED) is 0.719. The fraction of sp³-hybridized carbons (Fsp3) is 0.833. The van der Waals surface area contributed by atoms with Crippen molar-refractivity contribution in [2.45, 2.75) is 84.1 Å². The average Bonchev–Trinajstić information content (AvgIpc) is 3.03. The number of oxazole rings is 1. The molecule has 0 atom stereocenters. The van der Waals surface area contributed by atoms with E-state index in [1.165, 1.54) is 32.1 Å². The minimum absolute atomic E-state index is 0.273. The number of nitrogens with zero attached hydrogens (tertiary/aromatic N) is 1. The van der Waals surface area contributed by atoms with E-state index in [0.29, 0.717) is 12.0 Å². The van der Waals surface area contributed by atoms with Crippen LogP contribution < -0.4 is 5.32 Å². The first kappa shape index (κ1) is 16.5. The van der Waals surface area contributed by atoms with E-state index in [1.54, 1.807) is 0 Å². The molecule has 1 N–H and O–H groups in total. The Balaban J connectivity index is 1.94. The van der Waals surface area contributed by atoms with Gasteiger partial charge in [-0.3, -0.25) is 0 Å². The molecule has 0 aliphatic heterocycles. The second-order valence-electron chi connectivity index (χ2n) is 7.42. The largest absolute Gasteiger partial charge is 0.445 e. The molecular weight excluding hydrogens is 260 g/mol. The molecule has 0 amide bonds. The molecule has 1 heterocycles. The van der Waals surface area contributed by atoms with Gasteiger partial charge in [0, 0.05) is 17.9 Å². The van der Waals surface area contributed by atoms with E-state index in [-0.39, 0.29) is 5.41 Å². The van der Waals surface area contributed by atoms with Gasteiger partial charge in [-0.25, -0.2) is 4.98 Å². The van der Waals surface area contributed by atoms with Gasteiger partial charge in [0.1, 0.15) is 5.76 Å². The molecule has 21 heavy (non-hydrogen) atoms. The lowest BCUT2D eigenvalue weighted by Crippen LogP contribution is -2.24. The van der Waals surface area contributed by atoms with E-state index in [2.05, 4.69) is 38.0 Å². The monoisotopic (exact) mass is 292 g/mol. The molecule has 0 radical (unpaired) electrons. The maximum atomic E-state index is 6.14. The molecule has 0 spiro atoms. The van der Waals surface area contributed by atoms with Crippen molar-refractivity contribution in [3.63, 3.8) is 0 Å². The smallest absolute Gasteiger partial charge is 0.194 e. The van der Waals surface area contributed by atoms with Gasteiger partial charge in [-0.1, -0.05) is 40.5 Å². The first-order valence-corrected chi connectivity index (χ1v) is 8.70. The number of hydrogen-bond donors (Lipinski definition) is 1. The van der Waals surface area contributed by atoms with Crippen molar-refractivity contribution in [3.05, 3.63) is 17.8 Å². The summed E-state index contributed by atoms with van der Waals surface area (Å²) in [6, 6.07) is 0.554. The van der Waals surface area contributed by atoms with Gasteiger partial charge in [0.25, 0.3) is 0 Å². The summed E-state index contributed by atoms with van der Waals surface area (Å²) in [4.78, 5) is 4.54. The van der Waals surface area contributed by atoms with Crippen molar-refractivity contribution < 1.29 is 4.42 Å². The zero-order valence-electron chi connectivity index (χ0n) is 14.2. The molecule has 2 rings (SSSR count). The standard InChI is InChI=1S/C18H32N2O/c1-14(2)12-18(9-5-6-10-18)16-13-20-17(21-16)8-7-11-19-15(3)4/h13-15,19H,5-12H2,1-4H3. The molecule has 0 unspecified atom stereocenters. The first-order valence-electron chi connectivity index (χ1n) is 8.70. The highest BCUT2D eigenvalue weighted by Gasteiger charge is 2.39. The van der Waals surface area contributed by atoms with Crippen LogP contribution >= 0.6 is 0 Å². The Morgan fingerprint density at radius 2 is 1.95 bits per heavy atom. The van der Waals surface area contributed by atoms with Crippen LogP contribution in [0.15, 0.2) is 10.6 Å². The zero-order valence-corrected chi connectivity index (χ0v) is 14.2. The third-order valence-corrected chi connectivity index (χ3v) is 4.56. The van der Waals surface area contributed by atoms with Crippen LogP contribution in [0.3, 0.4) is 0 Å². The van der Waals surface area contributed by atoms with Crippen LogP contribution in [-0.4, -0.2) is 17.6 Å². The van der Waals surface area contributed by atoms with Crippen molar-refractivity contribution in [3.8, 4) is 0 Å². The summed E-state index contributed by atoms with van der Waals surface area (Å²) < 4.78 is 6.14. The molecule has 0 saturated heterocycles. The van der Waals surface area contributed by atoms with Crippen molar-refractivity contribution in [1.29, 1.82) is 0 Å². The van der Waals surface area contributed by atoms with E-state index >= 15 is 0 Å². The van der Waals surface area contributed by atoms with Crippen LogP contribution in [0.4, 0.5) is 0 Å². The van der Waals surface area contributed by atoms with Gasteiger partial charge in [-0.15, -0.1) is 0 Å². The predicted molar refractivity (Wildman–Crippen MR) is 87.6 cm³/mol. The summed E-state index contributed by atoms with van der Waals surface area (Å²) in [5.74, 6) is 2.79. The topological polar surface area (TPSA) is 38.1 Å². The summed E-state index contributed by atoms with van der Waals surface area (Å²) in [7, 11) is 0. The number of nitrogens with one attached hydrogen (secondary N) is 1. The number of aryl methyl sites for hydroxylation is 1.